The zero-order valence-corrected chi connectivity index (χ0v) is 45.7. The zero-order chi connectivity index (χ0) is 56.0. The first-order chi connectivity index (χ1) is 36.4. The molecule has 0 amide bonds. The van der Waals surface area contributed by atoms with Crippen LogP contribution in [0.3, 0.4) is 0 Å². The number of phosphoric ester groups is 1. The first kappa shape index (κ1) is 68.5. The van der Waals surface area contributed by atoms with Crippen LogP contribution in [0.1, 0.15) is 174 Å². The van der Waals surface area contributed by atoms with E-state index in [1.165, 1.54) is 70.6 Å². The highest BCUT2D eigenvalue weighted by molar-refractivity contribution is 7.47. The Kier molecular flexibility index (Phi) is 34.2. The number of esters is 2. The number of allylic oxidation sites excluding steroid dienone is 2. The van der Waals surface area contributed by atoms with E-state index in [0.717, 1.165) is 64.2 Å². The minimum Gasteiger partial charge on any atom is -0.462 e. The summed E-state index contributed by atoms with van der Waals surface area (Å²) in [5.41, 5.74) is 0. The lowest BCUT2D eigenvalue weighted by Gasteiger charge is -2.49. The molecule has 12 N–H and O–H groups in total. The molecular weight excluding hydrogens is 1020 g/mol. The van der Waals surface area contributed by atoms with Gasteiger partial charge in [-0.25, -0.2) is 4.57 Å². The molecular formula is C52H95O23P. The fourth-order valence-corrected chi connectivity index (χ4v) is 10.3. The quantitative estimate of drug-likeness (QED) is 0.0182. The fraction of sp³-hybridized carbons (Fsp3) is 0.923. The van der Waals surface area contributed by atoms with Gasteiger partial charge >= 0.3 is 19.8 Å². The third-order valence-electron chi connectivity index (χ3n) is 14.1. The Bertz CT molecular complexity index is 1570. The summed E-state index contributed by atoms with van der Waals surface area (Å²) >= 11 is 0. The van der Waals surface area contributed by atoms with Gasteiger partial charge in [-0.1, -0.05) is 135 Å². The maximum atomic E-state index is 14.0. The molecule has 0 radical (unpaired) electrons. The molecule has 3 aliphatic rings. The Labute approximate surface area is 448 Å². The van der Waals surface area contributed by atoms with Crippen molar-refractivity contribution in [3.05, 3.63) is 12.2 Å². The number of hydrogen-bond donors (Lipinski definition) is 12. The smallest absolute Gasteiger partial charge is 0.462 e. The van der Waals surface area contributed by atoms with Gasteiger partial charge in [0.25, 0.3) is 0 Å². The summed E-state index contributed by atoms with van der Waals surface area (Å²) in [5, 5.41) is 116. The molecule has 2 saturated heterocycles. The van der Waals surface area contributed by atoms with Crippen molar-refractivity contribution in [3.8, 4) is 0 Å². The lowest BCUT2D eigenvalue weighted by molar-refractivity contribution is -0.360. The highest BCUT2D eigenvalue weighted by Gasteiger charge is 2.58. The van der Waals surface area contributed by atoms with Crippen LogP contribution in [-0.2, 0) is 51.6 Å². The van der Waals surface area contributed by atoms with Crippen molar-refractivity contribution in [1.29, 1.82) is 0 Å². The number of unbranched alkanes of at least 4 members (excludes halogenated alkanes) is 20. The lowest BCUT2D eigenvalue weighted by atomic mass is 9.84. The van der Waals surface area contributed by atoms with Gasteiger partial charge in [-0.05, 0) is 38.5 Å². The lowest BCUT2D eigenvalue weighted by Crippen LogP contribution is -2.69. The van der Waals surface area contributed by atoms with Crippen LogP contribution in [0.4, 0.5) is 0 Å². The number of aliphatic hydroxyl groups is 11. The van der Waals surface area contributed by atoms with Crippen LogP contribution in [-0.4, -0.2) is 204 Å². The largest absolute Gasteiger partial charge is 0.472 e. The second-order valence-electron chi connectivity index (χ2n) is 20.5. The van der Waals surface area contributed by atoms with Gasteiger partial charge in [0.05, 0.1) is 19.8 Å². The maximum Gasteiger partial charge on any atom is 0.472 e. The Morgan fingerprint density at radius 3 is 1.30 bits per heavy atom. The van der Waals surface area contributed by atoms with Crippen molar-refractivity contribution in [3.63, 3.8) is 0 Å². The van der Waals surface area contributed by atoms with E-state index in [0.29, 0.717) is 12.8 Å². The number of ether oxygens (including phenoxy) is 6. The number of carbonyl (C=O) groups is 2. The summed E-state index contributed by atoms with van der Waals surface area (Å²) in [6.07, 6.45) is -6.32. The van der Waals surface area contributed by atoms with Crippen molar-refractivity contribution >= 4 is 19.8 Å². The van der Waals surface area contributed by atoms with Gasteiger partial charge in [0.2, 0.25) is 0 Å². The number of phosphoric acid groups is 1. The van der Waals surface area contributed by atoms with Gasteiger partial charge in [-0.2, -0.15) is 0 Å². The molecule has 24 heteroatoms. The molecule has 0 aromatic carbocycles. The van der Waals surface area contributed by atoms with Gasteiger partial charge in [0, 0.05) is 12.8 Å². The molecule has 0 aromatic heterocycles. The van der Waals surface area contributed by atoms with Gasteiger partial charge in [0.1, 0.15) is 92.1 Å². The third-order valence-corrected chi connectivity index (χ3v) is 15.1. The topological polar surface area (TPSA) is 368 Å². The van der Waals surface area contributed by atoms with E-state index >= 15 is 0 Å². The van der Waals surface area contributed by atoms with E-state index in [4.69, 9.17) is 37.5 Å². The monoisotopic (exact) mass is 1120 g/mol. The van der Waals surface area contributed by atoms with Crippen LogP contribution < -0.4 is 0 Å². The van der Waals surface area contributed by atoms with Crippen LogP contribution >= 0.6 is 7.82 Å². The molecule has 0 aromatic rings. The maximum absolute atomic E-state index is 14.0. The number of rotatable bonds is 40. The molecule has 16 unspecified atom stereocenters. The van der Waals surface area contributed by atoms with Crippen LogP contribution in [0.15, 0.2) is 12.2 Å². The van der Waals surface area contributed by atoms with E-state index < -0.39 is 150 Å². The molecule has 1 saturated carbocycles. The molecule has 3 fully saturated rings. The minimum absolute atomic E-state index is 0.0314. The average Bonchev–Trinajstić information content (AvgIpc) is 3.40. The summed E-state index contributed by atoms with van der Waals surface area (Å²) < 4.78 is 57.9. The van der Waals surface area contributed by atoms with Gasteiger partial charge < -0.3 is 89.5 Å². The Morgan fingerprint density at radius 1 is 0.487 bits per heavy atom. The van der Waals surface area contributed by atoms with Crippen LogP contribution in [0.2, 0.25) is 0 Å². The van der Waals surface area contributed by atoms with Crippen LogP contribution in [0.5, 0.6) is 0 Å². The third kappa shape index (κ3) is 24.1. The summed E-state index contributed by atoms with van der Waals surface area (Å²) in [4.78, 5) is 37.3. The van der Waals surface area contributed by atoms with Crippen molar-refractivity contribution in [2.75, 3.05) is 26.4 Å². The predicted octanol–water partition coefficient (Wildman–Crippen LogP) is 2.76. The molecule has 2 aliphatic heterocycles. The van der Waals surface area contributed by atoms with E-state index in [2.05, 4.69) is 26.0 Å². The van der Waals surface area contributed by atoms with Crippen LogP contribution in [0, 0.1) is 0 Å². The van der Waals surface area contributed by atoms with Gasteiger partial charge in [0.15, 0.2) is 18.7 Å². The SMILES string of the molecule is CCCCCCCCCC=CCCCCCC(=O)OCC(COP(=O)(O)OC1C(OC2OC(CO)C(O)C(O)C2O)C(O)C(O)C(O)C1OC1OC(CO)C(O)C(O)C1O)OC(=O)CCCCCCCCCCCCC. The second-order valence-corrected chi connectivity index (χ2v) is 21.9. The van der Waals surface area contributed by atoms with Crippen molar-refractivity contribution in [2.24, 2.45) is 0 Å². The number of aliphatic hydroxyl groups excluding tert-OH is 11. The van der Waals surface area contributed by atoms with Gasteiger partial charge in [-0.3, -0.25) is 18.6 Å². The van der Waals surface area contributed by atoms with Crippen LogP contribution in [0.25, 0.3) is 0 Å². The zero-order valence-electron chi connectivity index (χ0n) is 44.8. The molecule has 76 heavy (non-hydrogen) atoms. The summed E-state index contributed by atoms with van der Waals surface area (Å²) in [7, 11) is -5.63. The minimum atomic E-state index is -5.63. The molecule has 2 heterocycles. The van der Waals surface area contributed by atoms with E-state index in [-0.39, 0.29) is 12.8 Å². The summed E-state index contributed by atoms with van der Waals surface area (Å²) in [5.74, 6) is -1.35. The Balaban J connectivity index is 1.74. The molecule has 0 spiro atoms. The van der Waals surface area contributed by atoms with E-state index in [9.17, 15) is 75.2 Å². The second kappa shape index (κ2) is 38.0. The molecule has 0 bridgehead atoms. The molecule has 446 valence electrons. The Morgan fingerprint density at radius 2 is 0.868 bits per heavy atom. The Hall–Kier alpha value is -1.81. The highest BCUT2D eigenvalue weighted by atomic mass is 31.2. The van der Waals surface area contributed by atoms with Gasteiger partial charge in [-0.15, -0.1) is 0 Å². The standard InChI is InChI=1S/C52H95O23P/c1-3-5-7-9-11-13-15-16-17-19-20-22-24-26-28-37(55)68-32-34(70-38(56)29-27-25-23-21-18-14-12-10-8-6-4-2)33-69-76(66,67)75-50-48(73-51-46(64)41(59)39(57)35(30-53)71-51)44(62)43(61)45(63)49(50)74-52-47(65)42(60)40(58)36(31-54)72-52/h17,19,34-36,39-54,57-65H,3-16,18,20-33H2,1-2H3,(H,66,67). The molecule has 1 aliphatic carbocycles. The van der Waals surface area contributed by atoms with Crippen molar-refractivity contribution in [2.45, 2.75) is 279 Å². The molecule has 23 nitrogen and oxygen atoms in total. The first-order valence-electron chi connectivity index (χ1n) is 28.0. The predicted molar refractivity (Wildman–Crippen MR) is 273 cm³/mol. The van der Waals surface area contributed by atoms with Crippen molar-refractivity contribution in [1.82, 2.24) is 0 Å². The van der Waals surface area contributed by atoms with E-state index in [1.54, 1.807) is 0 Å². The average molecular weight is 1120 g/mol. The highest BCUT2D eigenvalue weighted by Crippen LogP contribution is 2.49. The number of carbonyl (C=O) groups excluding carboxylic acids is 2. The summed E-state index contributed by atoms with van der Waals surface area (Å²) in [6, 6.07) is 0. The fourth-order valence-electron chi connectivity index (χ4n) is 9.35. The summed E-state index contributed by atoms with van der Waals surface area (Å²) in [6.45, 7) is 0.958. The van der Waals surface area contributed by atoms with Crippen molar-refractivity contribution < 1.29 is 113 Å². The molecule has 3 rings (SSSR count). The number of hydrogen-bond acceptors (Lipinski definition) is 22. The molecule has 16 atom stereocenters. The first-order valence-corrected chi connectivity index (χ1v) is 29.5. The van der Waals surface area contributed by atoms with E-state index in [1.807, 2.05) is 0 Å². The normalized spacial score (nSPS) is 32.3.